The van der Waals surface area contributed by atoms with Crippen molar-refractivity contribution < 1.29 is 0 Å². The molecule has 0 nitrogen and oxygen atoms in total. The first-order valence-electron chi connectivity index (χ1n) is 2.87. The summed E-state index contributed by atoms with van der Waals surface area (Å²) in [6, 6.07) is 0. The van der Waals surface area contributed by atoms with Crippen LogP contribution in [-0.4, -0.2) is 8.07 Å². The van der Waals surface area contributed by atoms with Gasteiger partial charge in [-0.3, -0.25) is 0 Å². The SMILES string of the molecule is C[CH]C#C[Si](C)(C)C. The average molecular weight is 125 g/mol. The van der Waals surface area contributed by atoms with Crippen molar-refractivity contribution in [3.05, 3.63) is 6.42 Å². The summed E-state index contributed by atoms with van der Waals surface area (Å²) in [6.45, 7) is 8.68. The van der Waals surface area contributed by atoms with Crippen LogP contribution in [0.25, 0.3) is 0 Å². The average Bonchev–Trinajstić information content (AvgIpc) is 1.59. The van der Waals surface area contributed by atoms with Gasteiger partial charge in [-0.15, -0.1) is 11.5 Å². The Kier molecular flexibility index (Phi) is 2.85. The van der Waals surface area contributed by atoms with Gasteiger partial charge in [-0.1, -0.05) is 26.6 Å². The fourth-order valence-corrected chi connectivity index (χ4v) is 0.866. The molecule has 1 heteroatoms. The van der Waals surface area contributed by atoms with Crippen LogP contribution in [0.4, 0.5) is 0 Å². The van der Waals surface area contributed by atoms with Crippen molar-refractivity contribution in [2.75, 3.05) is 0 Å². The van der Waals surface area contributed by atoms with E-state index in [1.165, 1.54) is 0 Å². The monoisotopic (exact) mass is 125 g/mol. The standard InChI is InChI=1S/C7H13Si/c1-5-6-7-8(2,3)4/h5H,1-4H3. The maximum atomic E-state index is 3.20. The van der Waals surface area contributed by atoms with E-state index in [2.05, 4.69) is 31.1 Å². The molecule has 0 amide bonds. The Bertz CT molecular complexity index is 109. The molecule has 0 heterocycles. The van der Waals surface area contributed by atoms with Crippen LogP contribution in [0, 0.1) is 17.9 Å². The zero-order valence-electron chi connectivity index (χ0n) is 6.08. The van der Waals surface area contributed by atoms with Gasteiger partial charge in [0.25, 0.3) is 0 Å². The molecule has 0 rings (SSSR count). The predicted octanol–water partition coefficient (Wildman–Crippen LogP) is 2.09. The van der Waals surface area contributed by atoms with E-state index in [4.69, 9.17) is 0 Å². The normalized spacial score (nSPS) is 10.0. The van der Waals surface area contributed by atoms with E-state index in [-0.39, 0.29) is 0 Å². The third-order valence-electron chi connectivity index (χ3n) is 0.592. The first kappa shape index (κ1) is 7.78. The lowest BCUT2D eigenvalue weighted by Crippen LogP contribution is -2.16. The van der Waals surface area contributed by atoms with Gasteiger partial charge in [0.1, 0.15) is 8.07 Å². The maximum absolute atomic E-state index is 3.20. The van der Waals surface area contributed by atoms with E-state index in [1.807, 2.05) is 13.3 Å². The number of hydrogen-bond acceptors (Lipinski definition) is 0. The van der Waals surface area contributed by atoms with Crippen LogP contribution in [-0.2, 0) is 0 Å². The quantitative estimate of drug-likeness (QED) is 0.343. The van der Waals surface area contributed by atoms with Crippen molar-refractivity contribution in [3.63, 3.8) is 0 Å². The van der Waals surface area contributed by atoms with Gasteiger partial charge in [-0.05, 0) is 0 Å². The Balaban J connectivity index is 3.69. The Labute approximate surface area is 53.3 Å². The largest absolute Gasteiger partial charge is 0.132 e. The predicted molar refractivity (Wildman–Crippen MR) is 41.1 cm³/mol. The molecule has 0 fully saturated rings. The molecule has 0 N–H and O–H groups in total. The fourth-order valence-electron chi connectivity index (χ4n) is 0.289. The lowest BCUT2D eigenvalue weighted by Gasteiger charge is -2.02. The van der Waals surface area contributed by atoms with E-state index in [9.17, 15) is 0 Å². The van der Waals surface area contributed by atoms with Gasteiger partial charge in [0.05, 0.1) is 0 Å². The minimum absolute atomic E-state index is 1.07. The van der Waals surface area contributed by atoms with E-state index < -0.39 is 8.07 Å². The summed E-state index contributed by atoms with van der Waals surface area (Å²) in [5.41, 5.74) is 3.20. The second-order valence-electron chi connectivity index (χ2n) is 2.81. The van der Waals surface area contributed by atoms with Crippen LogP contribution in [0.1, 0.15) is 6.92 Å². The highest BCUT2D eigenvalue weighted by atomic mass is 28.3. The molecule has 0 aromatic carbocycles. The van der Waals surface area contributed by atoms with E-state index in [1.54, 1.807) is 0 Å². The van der Waals surface area contributed by atoms with Gasteiger partial charge in [-0.25, -0.2) is 0 Å². The molecule has 0 aliphatic carbocycles. The maximum Gasteiger partial charge on any atom is 0.129 e. The summed E-state index contributed by atoms with van der Waals surface area (Å²) in [6.07, 6.45) is 1.90. The molecule has 0 aliphatic rings. The molecule has 0 spiro atoms. The van der Waals surface area contributed by atoms with Crippen LogP contribution in [0.3, 0.4) is 0 Å². The van der Waals surface area contributed by atoms with Crippen LogP contribution >= 0.6 is 0 Å². The minimum Gasteiger partial charge on any atom is -0.132 e. The van der Waals surface area contributed by atoms with Gasteiger partial charge < -0.3 is 0 Å². The molecule has 0 bridgehead atoms. The molecule has 0 aromatic heterocycles. The highest BCUT2D eigenvalue weighted by Crippen LogP contribution is 1.95. The van der Waals surface area contributed by atoms with Crippen molar-refractivity contribution in [1.29, 1.82) is 0 Å². The molecule has 0 saturated carbocycles. The third-order valence-corrected chi connectivity index (χ3v) is 1.49. The van der Waals surface area contributed by atoms with E-state index in [0.717, 1.165) is 0 Å². The lowest BCUT2D eigenvalue weighted by atomic mass is 10.5. The highest BCUT2D eigenvalue weighted by Gasteiger charge is 2.06. The summed E-state index contributed by atoms with van der Waals surface area (Å²) in [4.78, 5) is 0. The molecule has 1 radical (unpaired) electrons. The summed E-state index contributed by atoms with van der Waals surface area (Å²) >= 11 is 0. The lowest BCUT2D eigenvalue weighted by molar-refractivity contribution is 1.62. The third kappa shape index (κ3) is 5.78. The first-order valence-corrected chi connectivity index (χ1v) is 6.37. The first-order chi connectivity index (χ1) is 3.56. The highest BCUT2D eigenvalue weighted by molar-refractivity contribution is 6.83. The minimum atomic E-state index is -1.07. The van der Waals surface area contributed by atoms with Gasteiger partial charge in [0.15, 0.2) is 0 Å². The Morgan fingerprint density at radius 1 is 1.25 bits per heavy atom. The zero-order chi connectivity index (χ0) is 6.62. The molecule has 0 unspecified atom stereocenters. The molecule has 0 saturated heterocycles. The van der Waals surface area contributed by atoms with Crippen LogP contribution in [0.15, 0.2) is 0 Å². The van der Waals surface area contributed by atoms with Gasteiger partial charge >= 0.3 is 0 Å². The number of rotatable bonds is 0. The molecule has 0 atom stereocenters. The summed E-state index contributed by atoms with van der Waals surface area (Å²) in [7, 11) is -1.07. The fraction of sp³-hybridized carbons (Fsp3) is 0.571. The molecular formula is C7H13Si. The van der Waals surface area contributed by atoms with Gasteiger partial charge in [0.2, 0.25) is 0 Å². The van der Waals surface area contributed by atoms with Crippen molar-refractivity contribution in [3.8, 4) is 11.5 Å². The van der Waals surface area contributed by atoms with Crippen LogP contribution < -0.4 is 0 Å². The molecule has 45 valence electrons. The summed E-state index contributed by atoms with van der Waals surface area (Å²) in [5.74, 6) is 2.97. The van der Waals surface area contributed by atoms with Gasteiger partial charge in [-0.2, -0.15) is 0 Å². The second kappa shape index (κ2) is 2.94. The zero-order valence-corrected chi connectivity index (χ0v) is 7.08. The van der Waals surface area contributed by atoms with E-state index >= 15 is 0 Å². The van der Waals surface area contributed by atoms with Crippen molar-refractivity contribution in [2.45, 2.75) is 26.6 Å². The Morgan fingerprint density at radius 3 is 1.88 bits per heavy atom. The molecule has 8 heavy (non-hydrogen) atoms. The topological polar surface area (TPSA) is 0 Å². The second-order valence-corrected chi connectivity index (χ2v) is 7.56. The number of hydrogen-bond donors (Lipinski definition) is 0. The van der Waals surface area contributed by atoms with Crippen LogP contribution in [0.2, 0.25) is 19.6 Å². The summed E-state index contributed by atoms with van der Waals surface area (Å²) < 4.78 is 0. The Morgan fingerprint density at radius 2 is 1.75 bits per heavy atom. The summed E-state index contributed by atoms with van der Waals surface area (Å²) in [5, 5.41) is 0. The smallest absolute Gasteiger partial charge is 0.129 e. The van der Waals surface area contributed by atoms with Crippen molar-refractivity contribution in [1.82, 2.24) is 0 Å². The van der Waals surface area contributed by atoms with Gasteiger partial charge in [0, 0.05) is 6.42 Å². The Hall–Kier alpha value is -0.223. The van der Waals surface area contributed by atoms with Crippen molar-refractivity contribution in [2.24, 2.45) is 0 Å². The molecule has 0 aliphatic heterocycles. The van der Waals surface area contributed by atoms with E-state index in [0.29, 0.717) is 0 Å². The molecule has 0 aromatic rings. The van der Waals surface area contributed by atoms with Crippen LogP contribution in [0.5, 0.6) is 0 Å². The van der Waals surface area contributed by atoms with Crippen molar-refractivity contribution >= 4 is 8.07 Å². The molecular weight excluding hydrogens is 112 g/mol.